The van der Waals surface area contributed by atoms with Gasteiger partial charge in [0.1, 0.15) is 11.6 Å². The van der Waals surface area contributed by atoms with Crippen LogP contribution in [0.4, 0.5) is 15.9 Å². The fraction of sp³-hybridized carbons (Fsp3) is 0.312. The molecule has 1 fully saturated rings. The van der Waals surface area contributed by atoms with Crippen molar-refractivity contribution in [2.24, 2.45) is 0 Å². The molecule has 1 saturated carbocycles. The third-order valence-corrected chi connectivity index (χ3v) is 5.22. The largest absolute Gasteiger partial charge is 0.381 e. The maximum absolute atomic E-state index is 12.9. The molecule has 7 heteroatoms. The van der Waals surface area contributed by atoms with Crippen LogP contribution in [0.3, 0.4) is 0 Å². The molecular weight excluding hydrogens is 317 g/mol. The van der Waals surface area contributed by atoms with E-state index >= 15 is 0 Å². The van der Waals surface area contributed by atoms with Crippen molar-refractivity contribution < 1.29 is 12.8 Å². The molecular formula is C16H18FN3O2S. The molecule has 0 atom stereocenters. The van der Waals surface area contributed by atoms with E-state index in [1.807, 2.05) is 0 Å². The van der Waals surface area contributed by atoms with Gasteiger partial charge in [0.15, 0.2) is 0 Å². The maximum atomic E-state index is 12.9. The van der Waals surface area contributed by atoms with Gasteiger partial charge in [0, 0.05) is 6.04 Å². The number of aromatic nitrogens is 1. The molecule has 0 spiro atoms. The first-order valence-corrected chi connectivity index (χ1v) is 9.02. The lowest BCUT2D eigenvalue weighted by atomic mass is 10.2. The maximum Gasteiger partial charge on any atom is 0.263 e. The monoisotopic (exact) mass is 335 g/mol. The summed E-state index contributed by atoms with van der Waals surface area (Å²) in [6, 6.07) is 8.53. The van der Waals surface area contributed by atoms with Gasteiger partial charge in [-0.3, -0.25) is 4.72 Å². The third-order valence-electron chi connectivity index (χ3n) is 3.85. The van der Waals surface area contributed by atoms with Crippen LogP contribution >= 0.6 is 0 Å². The Kier molecular flexibility index (Phi) is 4.47. The first-order chi connectivity index (χ1) is 11.0. The van der Waals surface area contributed by atoms with Gasteiger partial charge in [-0.25, -0.2) is 17.8 Å². The number of anilines is 2. The number of hydrogen-bond donors (Lipinski definition) is 2. The zero-order valence-electron chi connectivity index (χ0n) is 12.5. The number of halogens is 1. The molecule has 1 aliphatic rings. The Bertz CT molecular complexity index is 755. The van der Waals surface area contributed by atoms with Crippen molar-refractivity contribution in [3.63, 3.8) is 0 Å². The summed E-state index contributed by atoms with van der Waals surface area (Å²) in [6.07, 6.45) is 6.39. The summed E-state index contributed by atoms with van der Waals surface area (Å²) in [7, 11) is -3.76. The summed E-state index contributed by atoms with van der Waals surface area (Å²) in [5.41, 5.74) is 0.877. The summed E-state index contributed by atoms with van der Waals surface area (Å²) >= 11 is 0. The molecule has 1 aliphatic carbocycles. The van der Waals surface area contributed by atoms with Gasteiger partial charge in [-0.05, 0) is 49.2 Å². The Morgan fingerprint density at radius 3 is 2.35 bits per heavy atom. The zero-order valence-corrected chi connectivity index (χ0v) is 13.3. The molecule has 1 heterocycles. The third kappa shape index (κ3) is 3.98. The second-order valence-electron chi connectivity index (χ2n) is 5.62. The summed E-state index contributed by atoms with van der Waals surface area (Å²) in [6.45, 7) is 0. The van der Waals surface area contributed by atoms with Crippen LogP contribution < -0.4 is 10.0 Å². The van der Waals surface area contributed by atoms with Crippen LogP contribution in [0.25, 0.3) is 0 Å². The van der Waals surface area contributed by atoms with Gasteiger partial charge in [-0.1, -0.05) is 12.8 Å². The van der Waals surface area contributed by atoms with E-state index in [0.29, 0.717) is 6.04 Å². The van der Waals surface area contributed by atoms with Gasteiger partial charge in [0.2, 0.25) is 0 Å². The van der Waals surface area contributed by atoms with Gasteiger partial charge < -0.3 is 5.32 Å². The second-order valence-corrected chi connectivity index (χ2v) is 7.30. The molecule has 0 amide bonds. The summed E-state index contributed by atoms with van der Waals surface area (Å²) in [4.78, 5) is 4.12. The summed E-state index contributed by atoms with van der Waals surface area (Å²) < 4.78 is 39.6. The number of nitrogens with zero attached hydrogens (tertiary/aromatic N) is 1. The van der Waals surface area contributed by atoms with Crippen LogP contribution in [0.1, 0.15) is 25.7 Å². The standard InChI is InChI=1S/C16H18FN3O2S/c17-12-5-8-15(9-6-12)23(21,22)20-16-10-7-14(11-18-16)19-13-3-1-2-4-13/h5-11,13,19H,1-4H2,(H,18,20). The van der Waals surface area contributed by atoms with E-state index in [9.17, 15) is 12.8 Å². The van der Waals surface area contributed by atoms with Crippen LogP contribution in [0.5, 0.6) is 0 Å². The molecule has 2 aromatic rings. The summed E-state index contributed by atoms with van der Waals surface area (Å²) in [5.74, 6) is -0.254. The molecule has 23 heavy (non-hydrogen) atoms. The fourth-order valence-electron chi connectivity index (χ4n) is 2.66. The number of hydrogen-bond acceptors (Lipinski definition) is 4. The fourth-order valence-corrected chi connectivity index (χ4v) is 3.66. The first-order valence-electron chi connectivity index (χ1n) is 7.54. The van der Waals surface area contributed by atoms with Crippen molar-refractivity contribution >= 4 is 21.5 Å². The molecule has 0 unspecified atom stereocenters. The molecule has 3 rings (SSSR count). The van der Waals surface area contributed by atoms with Crippen LogP contribution in [0, 0.1) is 5.82 Å². The van der Waals surface area contributed by atoms with Gasteiger partial charge in [0.25, 0.3) is 10.0 Å². The van der Waals surface area contributed by atoms with Crippen molar-refractivity contribution in [1.82, 2.24) is 4.98 Å². The van der Waals surface area contributed by atoms with Gasteiger partial charge in [-0.2, -0.15) is 0 Å². The van der Waals surface area contributed by atoms with E-state index < -0.39 is 15.8 Å². The van der Waals surface area contributed by atoms with E-state index in [1.165, 1.54) is 25.0 Å². The average molecular weight is 335 g/mol. The van der Waals surface area contributed by atoms with Crippen LogP contribution in [0.2, 0.25) is 0 Å². The highest BCUT2D eigenvalue weighted by Gasteiger charge is 2.16. The quantitative estimate of drug-likeness (QED) is 0.879. The van der Waals surface area contributed by atoms with Crippen LogP contribution in [-0.2, 0) is 10.0 Å². The van der Waals surface area contributed by atoms with Crippen molar-refractivity contribution in [2.75, 3.05) is 10.0 Å². The Hall–Kier alpha value is -2.15. The Labute approximate surface area is 135 Å². The number of nitrogens with one attached hydrogen (secondary N) is 2. The highest BCUT2D eigenvalue weighted by atomic mass is 32.2. The zero-order chi connectivity index (χ0) is 16.3. The lowest BCUT2D eigenvalue weighted by Gasteiger charge is -2.13. The molecule has 0 radical (unpaired) electrons. The smallest absolute Gasteiger partial charge is 0.263 e. The normalized spacial score (nSPS) is 15.5. The van der Waals surface area contributed by atoms with Crippen molar-refractivity contribution in [3.05, 3.63) is 48.4 Å². The van der Waals surface area contributed by atoms with E-state index in [1.54, 1.807) is 18.3 Å². The number of benzene rings is 1. The number of rotatable bonds is 5. The molecule has 5 nitrogen and oxygen atoms in total. The van der Waals surface area contributed by atoms with E-state index in [4.69, 9.17) is 0 Å². The molecule has 1 aromatic carbocycles. The Morgan fingerprint density at radius 2 is 1.74 bits per heavy atom. The van der Waals surface area contributed by atoms with E-state index in [2.05, 4.69) is 15.0 Å². The minimum Gasteiger partial charge on any atom is -0.381 e. The first kappa shape index (κ1) is 15.7. The predicted molar refractivity (Wildman–Crippen MR) is 87.3 cm³/mol. The SMILES string of the molecule is O=S(=O)(Nc1ccc(NC2CCCC2)cn1)c1ccc(F)cc1. The highest BCUT2D eigenvalue weighted by molar-refractivity contribution is 7.92. The van der Waals surface area contributed by atoms with Crippen molar-refractivity contribution in [2.45, 2.75) is 36.6 Å². The molecule has 2 N–H and O–H groups in total. The Morgan fingerprint density at radius 1 is 1.04 bits per heavy atom. The predicted octanol–water partition coefficient (Wildman–Crippen LogP) is 3.38. The van der Waals surface area contributed by atoms with Gasteiger partial charge in [0.05, 0.1) is 16.8 Å². The molecule has 1 aromatic heterocycles. The number of sulfonamides is 1. The highest BCUT2D eigenvalue weighted by Crippen LogP contribution is 2.22. The topological polar surface area (TPSA) is 71.1 Å². The van der Waals surface area contributed by atoms with Crippen LogP contribution in [0.15, 0.2) is 47.5 Å². The van der Waals surface area contributed by atoms with Gasteiger partial charge >= 0.3 is 0 Å². The van der Waals surface area contributed by atoms with Crippen LogP contribution in [-0.4, -0.2) is 19.4 Å². The minimum absolute atomic E-state index is 0.00569. The summed E-state index contributed by atoms with van der Waals surface area (Å²) in [5, 5.41) is 3.39. The molecule has 0 bridgehead atoms. The Balaban J connectivity index is 1.68. The second kappa shape index (κ2) is 6.54. The van der Waals surface area contributed by atoms with E-state index in [0.717, 1.165) is 30.7 Å². The molecule has 0 saturated heterocycles. The number of pyridine rings is 1. The van der Waals surface area contributed by atoms with Crippen molar-refractivity contribution in [1.29, 1.82) is 0 Å². The average Bonchev–Trinajstić information content (AvgIpc) is 3.02. The molecule has 0 aliphatic heterocycles. The molecule has 122 valence electrons. The van der Waals surface area contributed by atoms with Crippen molar-refractivity contribution in [3.8, 4) is 0 Å². The minimum atomic E-state index is -3.76. The van der Waals surface area contributed by atoms with E-state index in [-0.39, 0.29) is 10.7 Å². The lowest BCUT2D eigenvalue weighted by molar-refractivity contribution is 0.599. The lowest BCUT2D eigenvalue weighted by Crippen LogP contribution is -2.16. The van der Waals surface area contributed by atoms with Gasteiger partial charge in [-0.15, -0.1) is 0 Å².